The van der Waals surface area contributed by atoms with Gasteiger partial charge in [-0.15, -0.1) is 11.3 Å². The van der Waals surface area contributed by atoms with Gasteiger partial charge >= 0.3 is 0 Å². The molecule has 0 aliphatic heterocycles. The molecule has 0 spiro atoms. The molecule has 0 radical (unpaired) electrons. The van der Waals surface area contributed by atoms with Gasteiger partial charge in [-0.1, -0.05) is 101 Å². The van der Waals surface area contributed by atoms with Gasteiger partial charge in [0.05, 0.1) is 11.0 Å². The van der Waals surface area contributed by atoms with Crippen LogP contribution in [-0.2, 0) is 0 Å². The SMILES string of the molecule is Brc1ccc(-c2cccc(-c3ccc4c(c3)c3cc5ccc6c7ccccc7sc6c5cc3n4-c3ccccc3)c2)cc1. The third-order valence-corrected chi connectivity index (χ3v) is 10.4. The quantitative estimate of drug-likeness (QED) is 0.183. The summed E-state index contributed by atoms with van der Waals surface area (Å²) in [5, 5.41) is 7.81. The summed E-state index contributed by atoms with van der Waals surface area (Å²) in [6, 6.07) is 53.3. The molecular weight excluding hydrogens is 606 g/mol. The Morgan fingerprint density at radius 2 is 1.16 bits per heavy atom. The fourth-order valence-electron chi connectivity index (χ4n) is 6.58. The van der Waals surface area contributed by atoms with Crippen LogP contribution in [0.4, 0.5) is 0 Å². The van der Waals surface area contributed by atoms with Gasteiger partial charge in [0.2, 0.25) is 0 Å². The molecule has 0 fully saturated rings. The van der Waals surface area contributed by atoms with Crippen LogP contribution in [0.1, 0.15) is 0 Å². The van der Waals surface area contributed by atoms with E-state index in [1.807, 2.05) is 11.3 Å². The fraction of sp³-hybridized carbons (Fsp3) is 0. The fourth-order valence-corrected chi connectivity index (χ4v) is 8.07. The lowest BCUT2D eigenvalue weighted by Gasteiger charge is -2.09. The normalized spacial score (nSPS) is 11.8. The van der Waals surface area contributed by atoms with Gasteiger partial charge in [-0.2, -0.15) is 0 Å². The molecule has 0 N–H and O–H groups in total. The number of rotatable bonds is 3. The van der Waals surface area contributed by atoms with Gasteiger partial charge in [-0.05, 0) is 88.3 Å². The van der Waals surface area contributed by atoms with Crippen LogP contribution >= 0.6 is 27.3 Å². The van der Waals surface area contributed by atoms with Crippen LogP contribution in [0.3, 0.4) is 0 Å². The van der Waals surface area contributed by atoms with E-state index < -0.39 is 0 Å². The number of thiophene rings is 1. The van der Waals surface area contributed by atoms with E-state index in [4.69, 9.17) is 0 Å². The Kier molecular flexibility index (Phi) is 5.59. The van der Waals surface area contributed by atoms with Crippen molar-refractivity contribution in [1.29, 1.82) is 0 Å². The molecule has 0 saturated heterocycles. The topological polar surface area (TPSA) is 4.93 Å². The van der Waals surface area contributed by atoms with E-state index in [2.05, 4.69) is 166 Å². The maximum absolute atomic E-state index is 3.56. The largest absolute Gasteiger partial charge is 0.309 e. The first-order valence-corrected chi connectivity index (χ1v) is 16.1. The summed E-state index contributed by atoms with van der Waals surface area (Å²) >= 11 is 5.46. The van der Waals surface area contributed by atoms with Crippen molar-refractivity contribution in [3.63, 3.8) is 0 Å². The van der Waals surface area contributed by atoms with Crippen molar-refractivity contribution in [1.82, 2.24) is 4.57 Å². The Balaban J connectivity index is 1.31. The predicted molar refractivity (Wildman–Crippen MR) is 190 cm³/mol. The number of fused-ring (bicyclic) bond motifs is 8. The zero-order chi connectivity index (χ0) is 28.5. The molecule has 43 heavy (non-hydrogen) atoms. The first kappa shape index (κ1) is 24.9. The van der Waals surface area contributed by atoms with Crippen LogP contribution in [0.5, 0.6) is 0 Å². The number of benzene rings is 7. The third kappa shape index (κ3) is 3.96. The summed E-state index contributed by atoms with van der Waals surface area (Å²) < 4.78 is 6.21. The standard InChI is InChI=1S/C40H24BrNS/c41-30-17-13-25(14-18-30)26-7-6-8-27(21-26)28-16-20-37-35(22-28)36-23-29-15-19-33-32-11-4-5-12-39(32)43-40(33)34(29)24-38(36)42(37)31-9-2-1-3-10-31/h1-24H. The maximum atomic E-state index is 3.56. The molecule has 0 bridgehead atoms. The van der Waals surface area contributed by atoms with Gasteiger partial charge in [0.25, 0.3) is 0 Å². The molecule has 0 amide bonds. The minimum absolute atomic E-state index is 1.09. The number of halogens is 1. The van der Waals surface area contributed by atoms with Crippen molar-refractivity contribution in [3.05, 3.63) is 150 Å². The molecule has 9 rings (SSSR count). The average Bonchev–Trinajstić information content (AvgIpc) is 3.60. The van der Waals surface area contributed by atoms with Crippen LogP contribution < -0.4 is 0 Å². The highest BCUT2D eigenvalue weighted by Crippen LogP contribution is 2.42. The molecule has 0 unspecified atom stereocenters. The third-order valence-electron chi connectivity index (χ3n) is 8.63. The summed E-state index contributed by atoms with van der Waals surface area (Å²) in [5.74, 6) is 0. The number of nitrogens with zero attached hydrogens (tertiary/aromatic N) is 1. The van der Waals surface area contributed by atoms with E-state index >= 15 is 0 Å². The van der Waals surface area contributed by atoms with E-state index in [-0.39, 0.29) is 0 Å². The van der Waals surface area contributed by atoms with Gasteiger partial charge in [-0.25, -0.2) is 0 Å². The van der Waals surface area contributed by atoms with E-state index in [1.54, 1.807) is 0 Å². The molecule has 1 nitrogen and oxygen atoms in total. The van der Waals surface area contributed by atoms with E-state index in [0.717, 1.165) is 4.47 Å². The number of para-hydroxylation sites is 1. The van der Waals surface area contributed by atoms with Crippen molar-refractivity contribution in [2.75, 3.05) is 0 Å². The Hall–Kier alpha value is -4.70. The molecule has 202 valence electrons. The van der Waals surface area contributed by atoms with Gasteiger partial charge in [0.15, 0.2) is 0 Å². The summed E-state index contributed by atoms with van der Waals surface area (Å²) in [4.78, 5) is 0. The summed E-state index contributed by atoms with van der Waals surface area (Å²) in [7, 11) is 0. The molecule has 0 aliphatic carbocycles. The lowest BCUT2D eigenvalue weighted by atomic mass is 9.97. The second-order valence-electron chi connectivity index (χ2n) is 11.1. The van der Waals surface area contributed by atoms with Gasteiger partial charge < -0.3 is 4.57 Å². The predicted octanol–water partition coefficient (Wildman–Crippen LogP) is 12.4. The molecule has 9 aromatic rings. The van der Waals surface area contributed by atoms with E-state index in [9.17, 15) is 0 Å². The number of hydrogen-bond acceptors (Lipinski definition) is 1. The smallest absolute Gasteiger partial charge is 0.0547 e. The van der Waals surface area contributed by atoms with Crippen LogP contribution in [0.2, 0.25) is 0 Å². The Morgan fingerprint density at radius 1 is 0.442 bits per heavy atom. The van der Waals surface area contributed by atoms with Crippen LogP contribution in [-0.4, -0.2) is 4.57 Å². The minimum atomic E-state index is 1.09. The Labute approximate surface area is 261 Å². The molecule has 0 saturated carbocycles. The van der Waals surface area contributed by atoms with Gasteiger partial charge in [0, 0.05) is 46.5 Å². The second kappa shape index (κ2) is 9.67. The summed E-state index contributed by atoms with van der Waals surface area (Å²) in [5.41, 5.74) is 8.50. The lowest BCUT2D eigenvalue weighted by Crippen LogP contribution is -1.93. The molecule has 2 heterocycles. The molecule has 0 atom stereocenters. The zero-order valence-corrected chi connectivity index (χ0v) is 25.5. The Morgan fingerprint density at radius 3 is 2.02 bits per heavy atom. The molecule has 7 aromatic carbocycles. The van der Waals surface area contributed by atoms with Gasteiger partial charge in [0.1, 0.15) is 0 Å². The highest BCUT2D eigenvalue weighted by atomic mass is 79.9. The highest BCUT2D eigenvalue weighted by Gasteiger charge is 2.17. The van der Waals surface area contributed by atoms with Crippen molar-refractivity contribution >= 4 is 80.0 Å². The summed E-state index contributed by atoms with van der Waals surface area (Å²) in [6.45, 7) is 0. The molecule has 3 heteroatoms. The monoisotopic (exact) mass is 629 g/mol. The number of aromatic nitrogens is 1. The molecular formula is C40H24BrNS. The van der Waals surface area contributed by atoms with Gasteiger partial charge in [-0.3, -0.25) is 0 Å². The van der Waals surface area contributed by atoms with E-state index in [1.165, 1.54) is 80.7 Å². The van der Waals surface area contributed by atoms with Crippen molar-refractivity contribution < 1.29 is 0 Å². The van der Waals surface area contributed by atoms with Crippen molar-refractivity contribution in [3.8, 4) is 27.9 Å². The summed E-state index contributed by atoms with van der Waals surface area (Å²) in [6.07, 6.45) is 0. The second-order valence-corrected chi connectivity index (χ2v) is 13.1. The first-order valence-electron chi connectivity index (χ1n) is 14.5. The van der Waals surface area contributed by atoms with Crippen LogP contribution in [0, 0.1) is 0 Å². The minimum Gasteiger partial charge on any atom is -0.309 e. The van der Waals surface area contributed by atoms with Crippen LogP contribution in [0.15, 0.2) is 150 Å². The first-order chi connectivity index (χ1) is 21.2. The Bertz CT molecular complexity index is 2500. The lowest BCUT2D eigenvalue weighted by molar-refractivity contribution is 1.18. The molecule has 2 aromatic heterocycles. The van der Waals surface area contributed by atoms with Crippen LogP contribution in [0.25, 0.3) is 80.7 Å². The average molecular weight is 631 g/mol. The zero-order valence-electron chi connectivity index (χ0n) is 23.1. The van der Waals surface area contributed by atoms with Crippen molar-refractivity contribution in [2.24, 2.45) is 0 Å². The molecule has 0 aliphatic rings. The maximum Gasteiger partial charge on any atom is 0.0547 e. The number of hydrogen-bond donors (Lipinski definition) is 0. The highest BCUT2D eigenvalue weighted by molar-refractivity contribution is 9.10. The van der Waals surface area contributed by atoms with E-state index in [0.29, 0.717) is 0 Å². The van der Waals surface area contributed by atoms with Crippen molar-refractivity contribution in [2.45, 2.75) is 0 Å².